The lowest BCUT2D eigenvalue weighted by Gasteiger charge is -2.09. The Morgan fingerprint density at radius 3 is 2.62 bits per heavy atom. The summed E-state index contributed by atoms with van der Waals surface area (Å²) in [7, 11) is 0. The highest BCUT2D eigenvalue weighted by Gasteiger charge is 2.34. The summed E-state index contributed by atoms with van der Waals surface area (Å²) in [5.74, 6) is 0. The molecule has 0 saturated carbocycles. The molecule has 0 aliphatic carbocycles. The van der Waals surface area contributed by atoms with E-state index in [0.29, 0.717) is 0 Å². The topological polar surface area (TPSA) is 45.8 Å². The van der Waals surface area contributed by atoms with Gasteiger partial charge in [-0.3, -0.25) is 0 Å². The Morgan fingerprint density at radius 2 is 2.00 bits per heavy atom. The zero-order valence-electron chi connectivity index (χ0n) is 7.60. The Hall–Kier alpha value is -1.56. The van der Waals surface area contributed by atoms with Crippen molar-refractivity contribution in [1.82, 2.24) is 9.97 Å². The predicted octanol–water partition coefficient (Wildman–Crippen LogP) is 2.60. The molecule has 0 aliphatic rings. The summed E-state index contributed by atoms with van der Waals surface area (Å²) in [4.78, 5) is 16.1. The van der Waals surface area contributed by atoms with Crippen molar-refractivity contribution in [2.75, 3.05) is 0 Å². The summed E-state index contributed by atoms with van der Waals surface area (Å²) in [6, 6.07) is 3.93. The molecule has 1 aromatic carbocycles. The highest BCUT2D eigenvalue weighted by Crippen LogP contribution is 2.33. The van der Waals surface area contributed by atoms with Gasteiger partial charge < -0.3 is 4.98 Å². The highest BCUT2D eigenvalue weighted by molar-refractivity contribution is 6.35. The van der Waals surface area contributed by atoms with Crippen LogP contribution in [-0.2, 0) is 6.18 Å². The van der Waals surface area contributed by atoms with Crippen LogP contribution in [0.25, 0.3) is 10.9 Å². The van der Waals surface area contributed by atoms with E-state index in [4.69, 9.17) is 11.6 Å². The average Bonchev–Trinajstić information content (AvgIpc) is 2.17. The maximum absolute atomic E-state index is 12.6. The minimum absolute atomic E-state index is 0.00843. The standard InChI is InChI=1S/C9H4ClF3N2O/c10-5-3-1-2-4-6(5)14-8(16)15-7(4)9(11,12)13/h1-3H,(H,14,15,16). The van der Waals surface area contributed by atoms with Gasteiger partial charge in [0.25, 0.3) is 0 Å². The minimum Gasteiger partial charge on any atom is -0.301 e. The summed E-state index contributed by atoms with van der Waals surface area (Å²) in [5.41, 5.74) is -2.36. The number of H-pyrrole nitrogens is 1. The lowest BCUT2D eigenvalue weighted by molar-refractivity contribution is -0.140. The quantitative estimate of drug-likeness (QED) is 0.779. The van der Waals surface area contributed by atoms with Crippen LogP contribution < -0.4 is 5.69 Å². The van der Waals surface area contributed by atoms with E-state index in [1.54, 1.807) is 4.98 Å². The molecular formula is C9H4ClF3N2O. The maximum Gasteiger partial charge on any atom is 0.432 e. The summed E-state index contributed by atoms with van der Waals surface area (Å²) in [6.45, 7) is 0. The molecule has 16 heavy (non-hydrogen) atoms. The lowest BCUT2D eigenvalue weighted by Crippen LogP contribution is -2.19. The van der Waals surface area contributed by atoms with Gasteiger partial charge in [-0.15, -0.1) is 0 Å². The van der Waals surface area contributed by atoms with Gasteiger partial charge in [-0.1, -0.05) is 23.7 Å². The van der Waals surface area contributed by atoms with Gasteiger partial charge in [-0.25, -0.2) is 4.79 Å². The Morgan fingerprint density at radius 1 is 1.31 bits per heavy atom. The number of benzene rings is 1. The van der Waals surface area contributed by atoms with Gasteiger partial charge in [0.05, 0.1) is 10.5 Å². The average molecular weight is 249 g/mol. The van der Waals surface area contributed by atoms with Gasteiger partial charge in [0.2, 0.25) is 0 Å². The van der Waals surface area contributed by atoms with Crippen molar-refractivity contribution in [1.29, 1.82) is 0 Å². The number of fused-ring (bicyclic) bond motifs is 1. The van der Waals surface area contributed by atoms with Crippen LogP contribution in [0.15, 0.2) is 23.0 Å². The number of aromatic amines is 1. The van der Waals surface area contributed by atoms with Gasteiger partial charge in [0.1, 0.15) is 5.69 Å². The third-order valence-electron chi connectivity index (χ3n) is 1.98. The van der Waals surface area contributed by atoms with Gasteiger partial charge in [-0.05, 0) is 6.07 Å². The molecule has 0 fully saturated rings. The molecular weight excluding hydrogens is 245 g/mol. The largest absolute Gasteiger partial charge is 0.432 e. The van der Waals surface area contributed by atoms with Crippen LogP contribution in [-0.4, -0.2) is 9.97 Å². The van der Waals surface area contributed by atoms with Crippen LogP contribution in [0, 0.1) is 0 Å². The first-order valence-electron chi connectivity index (χ1n) is 4.15. The lowest BCUT2D eigenvalue weighted by atomic mass is 10.2. The van der Waals surface area contributed by atoms with E-state index in [1.807, 2.05) is 0 Å². The SMILES string of the molecule is O=c1nc2c(Cl)cccc2c(C(F)(F)F)[nH]1. The second kappa shape index (κ2) is 3.48. The van der Waals surface area contributed by atoms with E-state index in [1.165, 1.54) is 18.2 Å². The second-order valence-electron chi connectivity index (χ2n) is 3.05. The zero-order valence-corrected chi connectivity index (χ0v) is 8.36. The number of halogens is 4. The first kappa shape index (κ1) is 10.9. The van der Waals surface area contributed by atoms with Crippen LogP contribution in [0.1, 0.15) is 5.69 Å². The van der Waals surface area contributed by atoms with Crippen molar-refractivity contribution in [3.8, 4) is 0 Å². The van der Waals surface area contributed by atoms with E-state index < -0.39 is 17.6 Å². The van der Waals surface area contributed by atoms with Crippen molar-refractivity contribution in [3.63, 3.8) is 0 Å². The van der Waals surface area contributed by atoms with Crippen LogP contribution >= 0.6 is 11.6 Å². The number of nitrogens with one attached hydrogen (secondary N) is 1. The van der Waals surface area contributed by atoms with E-state index in [9.17, 15) is 18.0 Å². The Balaban J connectivity index is 2.95. The molecule has 2 rings (SSSR count). The fourth-order valence-corrected chi connectivity index (χ4v) is 1.57. The fourth-order valence-electron chi connectivity index (χ4n) is 1.36. The molecule has 2 aromatic rings. The monoisotopic (exact) mass is 248 g/mol. The number of nitrogens with zero attached hydrogens (tertiary/aromatic N) is 1. The van der Waals surface area contributed by atoms with E-state index >= 15 is 0 Å². The first-order valence-corrected chi connectivity index (χ1v) is 4.53. The molecule has 7 heteroatoms. The molecule has 0 bridgehead atoms. The van der Waals surface area contributed by atoms with Crippen molar-refractivity contribution in [3.05, 3.63) is 39.4 Å². The molecule has 0 atom stereocenters. The molecule has 1 N–H and O–H groups in total. The van der Waals surface area contributed by atoms with Crippen molar-refractivity contribution in [2.24, 2.45) is 0 Å². The second-order valence-corrected chi connectivity index (χ2v) is 3.46. The number of para-hydroxylation sites is 1. The molecule has 1 heterocycles. The predicted molar refractivity (Wildman–Crippen MR) is 52.4 cm³/mol. The number of hydrogen-bond acceptors (Lipinski definition) is 2. The first-order chi connectivity index (χ1) is 7.39. The van der Waals surface area contributed by atoms with E-state index in [0.717, 1.165) is 0 Å². The van der Waals surface area contributed by atoms with Crippen molar-refractivity contribution < 1.29 is 13.2 Å². The van der Waals surface area contributed by atoms with Crippen LogP contribution in [0.5, 0.6) is 0 Å². The third kappa shape index (κ3) is 1.76. The van der Waals surface area contributed by atoms with Gasteiger partial charge in [0.15, 0.2) is 0 Å². The van der Waals surface area contributed by atoms with Crippen LogP contribution in [0.4, 0.5) is 13.2 Å². The smallest absolute Gasteiger partial charge is 0.301 e. The van der Waals surface area contributed by atoms with Crippen molar-refractivity contribution in [2.45, 2.75) is 6.18 Å². The maximum atomic E-state index is 12.6. The van der Waals surface area contributed by atoms with Gasteiger partial charge in [0, 0.05) is 5.39 Å². The minimum atomic E-state index is -4.65. The zero-order chi connectivity index (χ0) is 11.9. The molecule has 84 valence electrons. The molecule has 1 aromatic heterocycles. The molecule has 0 aliphatic heterocycles. The summed E-state index contributed by atoms with van der Waals surface area (Å²) < 4.78 is 37.8. The molecule has 0 saturated heterocycles. The molecule has 0 amide bonds. The molecule has 0 unspecified atom stereocenters. The summed E-state index contributed by atoms with van der Waals surface area (Å²) >= 11 is 5.67. The van der Waals surface area contributed by atoms with Crippen LogP contribution in [0.2, 0.25) is 5.02 Å². The fraction of sp³-hybridized carbons (Fsp3) is 0.111. The number of aromatic nitrogens is 2. The summed E-state index contributed by atoms with van der Waals surface area (Å²) in [6.07, 6.45) is -4.65. The number of hydrogen-bond donors (Lipinski definition) is 1. The third-order valence-corrected chi connectivity index (χ3v) is 2.29. The van der Waals surface area contributed by atoms with E-state index in [2.05, 4.69) is 4.98 Å². The van der Waals surface area contributed by atoms with Crippen molar-refractivity contribution >= 4 is 22.5 Å². The Bertz CT molecular complexity index is 606. The highest BCUT2D eigenvalue weighted by atomic mass is 35.5. The Kier molecular flexibility index (Phi) is 2.38. The normalized spacial score (nSPS) is 12.0. The van der Waals surface area contributed by atoms with Gasteiger partial charge in [-0.2, -0.15) is 18.2 Å². The molecule has 0 spiro atoms. The van der Waals surface area contributed by atoms with Crippen LogP contribution in [0.3, 0.4) is 0 Å². The van der Waals surface area contributed by atoms with Gasteiger partial charge >= 0.3 is 11.9 Å². The molecule has 0 radical (unpaired) electrons. The number of alkyl halides is 3. The number of rotatable bonds is 0. The molecule has 3 nitrogen and oxygen atoms in total. The Labute approximate surface area is 91.9 Å². The summed E-state index contributed by atoms with van der Waals surface area (Å²) in [5, 5.41) is -0.214. The van der Waals surface area contributed by atoms with E-state index in [-0.39, 0.29) is 15.9 Å².